The predicted octanol–water partition coefficient (Wildman–Crippen LogP) is -1.45. The van der Waals surface area contributed by atoms with Gasteiger partial charge in [-0.2, -0.15) is 0 Å². The first-order valence-electron chi connectivity index (χ1n) is 4.45. The highest BCUT2D eigenvalue weighted by Gasteiger charge is 2.39. The molecule has 3 N–H and O–H groups in total. The first-order chi connectivity index (χ1) is 5.66. The second-order valence-electron chi connectivity index (χ2n) is 3.87. The van der Waals surface area contributed by atoms with Crippen molar-refractivity contribution in [1.29, 1.82) is 0 Å². The van der Waals surface area contributed by atoms with Crippen molar-refractivity contribution < 1.29 is 15.3 Å². The molecule has 4 unspecified atom stereocenters. The molecule has 2 aliphatic rings. The molecule has 0 aromatic rings. The van der Waals surface area contributed by atoms with Gasteiger partial charge in [-0.05, 0) is 12.8 Å². The van der Waals surface area contributed by atoms with Crippen LogP contribution in [0.2, 0.25) is 0 Å². The number of aliphatic hydroxyl groups excluding tert-OH is 3. The molecule has 0 aromatic heterocycles. The van der Waals surface area contributed by atoms with Gasteiger partial charge in [-0.15, -0.1) is 0 Å². The van der Waals surface area contributed by atoms with Crippen LogP contribution in [0.5, 0.6) is 0 Å². The standard InChI is InChI=1S/C8H15NO3/c10-6-1-5-2-7(11)8(12)4-9(5)3-6/h5-8,10-12H,1-4H2. The molecule has 2 heterocycles. The highest BCUT2D eigenvalue weighted by molar-refractivity contribution is 4.93. The summed E-state index contributed by atoms with van der Waals surface area (Å²) < 4.78 is 0. The van der Waals surface area contributed by atoms with E-state index in [-0.39, 0.29) is 12.1 Å². The molecule has 0 bridgehead atoms. The van der Waals surface area contributed by atoms with Crippen molar-refractivity contribution in [1.82, 2.24) is 4.90 Å². The van der Waals surface area contributed by atoms with Crippen molar-refractivity contribution in [2.24, 2.45) is 0 Å². The molecule has 0 aliphatic carbocycles. The molecular weight excluding hydrogens is 158 g/mol. The zero-order chi connectivity index (χ0) is 8.72. The highest BCUT2D eigenvalue weighted by atomic mass is 16.3. The van der Waals surface area contributed by atoms with Crippen LogP contribution >= 0.6 is 0 Å². The average molecular weight is 173 g/mol. The SMILES string of the molecule is OC1CC2CC(O)C(O)CN2C1. The van der Waals surface area contributed by atoms with Crippen LogP contribution in [-0.4, -0.2) is 57.7 Å². The Morgan fingerprint density at radius 3 is 2.42 bits per heavy atom. The summed E-state index contributed by atoms with van der Waals surface area (Å²) in [6, 6.07) is 0.276. The summed E-state index contributed by atoms with van der Waals surface area (Å²) in [5.41, 5.74) is 0. The molecule has 12 heavy (non-hydrogen) atoms. The largest absolute Gasteiger partial charge is 0.392 e. The molecule has 2 fully saturated rings. The maximum atomic E-state index is 9.35. The van der Waals surface area contributed by atoms with Crippen LogP contribution in [0.25, 0.3) is 0 Å². The number of rotatable bonds is 0. The van der Waals surface area contributed by atoms with Crippen molar-refractivity contribution in [2.75, 3.05) is 13.1 Å². The number of piperidine rings is 1. The maximum Gasteiger partial charge on any atom is 0.0926 e. The molecular formula is C8H15NO3. The van der Waals surface area contributed by atoms with E-state index >= 15 is 0 Å². The van der Waals surface area contributed by atoms with Gasteiger partial charge in [0.1, 0.15) is 0 Å². The van der Waals surface area contributed by atoms with Gasteiger partial charge in [-0.3, -0.25) is 4.90 Å². The molecule has 0 saturated carbocycles. The fraction of sp³-hybridized carbons (Fsp3) is 1.00. The van der Waals surface area contributed by atoms with Crippen molar-refractivity contribution in [3.05, 3.63) is 0 Å². The van der Waals surface area contributed by atoms with E-state index in [0.29, 0.717) is 19.5 Å². The van der Waals surface area contributed by atoms with Gasteiger partial charge in [-0.25, -0.2) is 0 Å². The maximum absolute atomic E-state index is 9.35. The van der Waals surface area contributed by atoms with Gasteiger partial charge in [0.15, 0.2) is 0 Å². The van der Waals surface area contributed by atoms with Gasteiger partial charge in [0.25, 0.3) is 0 Å². The minimum absolute atomic E-state index is 0.271. The lowest BCUT2D eigenvalue weighted by molar-refractivity contribution is -0.0504. The van der Waals surface area contributed by atoms with Gasteiger partial charge < -0.3 is 15.3 Å². The third-order valence-electron chi connectivity index (χ3n) is 2.89. The summed E-state index contributed by atoms with van der Waals surface area (Å²) in [5.74, 6) is 0. The van der Waals surface area contributed by atoms with E-state index in [1.54, 1.807) is 0 Å². The number of fused-ring (bicyclic) bond motifs is 1. The van der Waals surface area contributed by atoms with Crippen LogP contribution in [0.15, 0.2) is 0 Å². The number of aliphatic hydroxyl groups is 3. The van der Waals surface area contributed by atoms with Crippen LogP contribution in [0.4, 0.5) is 0 Å². The van der Waals surface area contributed by atoms with E-state index in [1.165, 1.54) is 0 Å². The van der Waals surface area contributed by atoms with E-state index in [9.17, 15) is 15.3 Å². The van der Waals surface area contributed by atoms with Crippen molar-refractivity contribution in [3.63, 3.8) is 0 Å². The zero-order valence-corrected chi connectivity index (χ0v) is 6.93. The fourth-order valence-electron chi connectivity index (χ4n) is 2.22. The summed E-state index contributed by atoms with van der Waals surface area (Å²) >= 11 is 0. The van der Waals surface area contributed by atoms with E-state index in [4.69, 9.17) is 0 Å². The van der Waals surface area contributed by atoms with Crippen LogP contribution in [0.3, 0.4) is 0 Å². The second kappa shape index (κ2) is 2.96. The summed E-state index contributed by atoms with van der Waals surface area (Å²) in [4.78, 5) is 2.06. The van der Waals surface area contributed by atoms with Crippen LogP contribution in [0, 0.1) is 0 Å². The van der Waals surface area contributed by atoms with Crippen molar-refractivity contribution in [3.8, 4) is 0 Å². The average Bonchev–Trinajstić information content (AvgIpc) is 2.30. The van der Waals surface area contributed by atoms with Gasteiger partial charge in [0.2, 0.25) is 0 Å². The summed E-state index contributed by atoms with van der Waals surface area (Å²) in [5, 5.41) is 28.0. The molecule has 4 nitrogen and oxygen atoms in total. The van der Waals surface area contributed by atoms with Gasteiger partial charge in [0.05, 0.1) is 18.3 Å². The molecule has 0 radical (unpaired) electrons. The molecule has 2 rings (SSSR count). The van der Waals surface area contributed by atoms with E-state index in [2.05, 4.69) is 4.90 Å². The number of nitrogens with zero attached hydrogens (tertiary/aromatic N) is 1. The summed E-state index contributed by atoms with van der Waals surface area (Å²) in [6.45, 7) is 1.15. The van der Waals surface area contributed by atoms with Crippen LogP contribution < -0.4 is 0 Å². The van der Waals surface area contributed by atoms with E-state index < -0.39 is 12.2 Å². The van der Waals surface area contributed by atoms with E-state index in [0.717, 1.165) is 6.42 Å². The predicted molar refractivity (Wildman–Crippen MR) is 42.6 cm³/mol. The van der Waals surface area contributed by atoms with Gasteiger partial charge >= 0.3 is 0 Å². The molecule has 70 valence electrons. The van der Waals surface area contributed by atoms with Crippen molar-refractivity contribution >= 4 is 0 Å². The monoisotopic (exact) mass is 173 g/mol. The summed E-state index contributed by atoms with van der Waals surface area (Å²) in [6.07, 6.45) is -0.169. The Labute approximate surface area is 71.4 Å². The minimum Gasteiger partial charge on any atom is -0.392 e. The van der Waals surface area contributed by atoms with E-state index in [1.807, 2.05) is 0 Å². The Morgan fingerprint density at radius 1 is 0.917 bits per heavy atom. The fourth-order valence-corrected chi connectivity index (χ4v) is 2.22. The topological polar surface area (TPSA) is 63.9 Å². The zero-order valence-electron chi connectivity index (χ0n) is 6.93. The Morgan fingerprint density at radius 2 is 1.67 bits per heavy atom. The highest BCUT2D eigenvalue weighted by Crippen LogP contribution is 2.27. The van der Waals surface area contributed by atoms with Crippen LogP contribution in [0.1, 0.15) is 12.8 Å². The molecule has 4 atom stereocenters. The van der Waals surface area contributed by atoms with Crippen LogP contribution in [-0.2, 0) is 0 Å². The molecule has 0 spiro atoms. The Bertz CT molecular complexity index is 158. The second-order valence-corrected chi connectivity index (χ2v) is 3.87. The first kappa shape index (κ1) is 8.44. The molecule has 4 heteroatoms. The van der Waals surface area contributed by atoms with Crippen molar-refractivity contribution in [2.45, 2.75) is 37.2 Å². The minimum atomic E-state index is -0.633. The lowest BCUT2D eigenvalue weighted by Crippen LogP contribution is -2.49. The third-order valence-corrected chi connectivity index (χ3v) is 2.89. The molecule has 2 aliphatic heterocycles. The summed E-state index contributed by atoms with van der Waals surface area (Å²) in [7, 11) is 0. The molecule has 2 saturated heterocycles. The Kier molecular flexibility index (Phi) is 2.08. The lowest BCUT2D eigenvalue weighted by Gasteiger charge is -2.35. The first-order valence-corrected chi connectivity index (χ1v) is 4.45. The normalized spacial score (nSPS) is 49.2. The lowest BCUT2D eigenvalue weighted by atomic mass is 9.98. The Hall–Kier alpha value is -0.160. The van der Waals surface area contributed by atoms with Gasteiger partial charge in [-0.1, -0.05) is 0 Å². The smallest absolute Gasteiger partial charge is 0.0926 e. The number of hydrogen-bond donors (Lipinski definition) is 3. The third kappa shape index (κ3) is 1.35. The quantitative estimate of drug-likeness (QED) is 0.419. The molecule has 0 aromatic carbocycles. The molecule has 0 amide bonds. The van der Waals surface area contributed by atoms with Gasteiger partial charge in [0, 0.05) is 19.1 Å². The number of hydrogen-bond acceptors (Lipinski definition) is 4. The Balaban J connectivity index is 2.01.